The van der Waals surface area contributed by atoms with E-state index in [-0.39, 0.29) is 7.21 Å². The van der Waals surface area contributed by atoms with Crippen LogP contribution in [0.4, 0.5) is 0 Å². The van der Waals surface area contributed by atoms with Crippen LogP contribution in [0.2, 0.25) is 0 Å². The number of hydrogen-bond acceptors (Lipinski definition) is 3. The first-order chi connectivity index (χ1) is 8.21. The van der Waals surface area contributed by atoms with Crippen molar-refractivity contribution in [2.24, 2.45) is 5.73 Å². The van der Waals surface area contributed by atoms with Gasteiger partial charge in [-0.2, -0.15) is 0 Å². The van der Waals surface area contributed by atoms with Gasteiger partial charge in [-0.1, -0.05) is 25.1 Å². The number of benzene rings is 1. The molecule has 104 valence electrons. The standard InChI is InChI=1S/C10H13NO.C5H12O.H2/c1-7-5-9(6-11)3-4-10(7)8(2)12;1-4-5(2,3)6;/h3-5H,6,11H2,1-2H3;6H,4H2,1-3H3;1H. The molecule has 0 atom stereocenters. The predicted octanol–water partition coefficient (Wildman–Crippen LogP) is 3.07. The third-order valence-corrected chi connectivity index (χ3v) is 2.77. The summed E-state index contributed by atoms with van der Waals surface area (Å²) in [5, 5.41) is 8.83. The second-order valence-electron chi connectivity index (χ2n) is 5.08. The van der Waals surface area contributed by atoms with Gasteiger partial charge in [0, 0.05) is 13.5 Å². The van der Waals surface area contributed by atoms with Crippen molar-refractivity contribution in [1.82, 2.24) is 0 Å². The van der Waals surface area contributed by atoms with Crippen LogP contribution in [0.15, 0.2) is 18.2 Å². The van der Waals surface area contributed by atoms with Crippen molar-refractivity contribution >= 4 is 5.78 Å². The molecule has 0 amide bonds. The van der Waals surface area contributed by atoms with E-state index in [1.807, 2.05) is 32.0 Å². The van der Waals surface area contributed by atoms with Crippen LogP contribution in [0.3, 0.4) is 0 Å². The fourth-order valence-corrected chi connectivity index (χ4v) is 1.25. The lowest BCUT2D eigenvalue weighted by molar-refractivity contribution is 0.0764. The van der Waals surface area contributed by atoms with Gasteiger partial charge in [0.05, 0.1) is 5.60 Å². The Labute approximate surface area is 112 Å². The average molecular weight is 253 g/mol. The summed E-state index contributed by atoms with van der Waals surface area (Å²) in [6, 6.07) is 5.68. The number of aliphatic hydroxyl groups is 1. The smallest absolute Gasteiger partial charge is 0.160 e. The zero-order valence-corrected chi connectivity index (χ0v) is 12.1. The molecule has 1 aromatic rings. The van der Waals surface area contributed by atoms with Crippen LogP contribution in [0.5, 0.6) is 0 Å². The highest BCUT2D eigenvalue weighted by molar-refractivity contribution is 5.95. The van der Waals surface area contributed by atoms with Crippen molar-refractivity contribution < 1.29 is 11.3 Å². The molecule has 0 unspecified atom stereocenters. The van der Waals surface area contributed by atoms with E-state index >= 15 is 0 Å². The molecule has 1 aromatic carbocycles. The quantitative estimate of drug-likeness (QED) is 0.814. The maximum atomic E-state index is 11.0. The number of carbonyl (C=O) groups excluding carboxylic acids is 1. The first kappa shape index (κ1) is 16.8. The van der Waals surface area contributed by atoms with Gasteiger partial charge in [0.25, 0.3) is 0 Å². The number of rotatable bonds is 3. The number of ketones is 1. The minimum atomic E-state index is -0.458. The third kappa shape index (κ3) is 6.52. The SMILES string of the molecule is CC(=O)c1ccc(CN)cc1C.CCC(C)(C)O.[HH]. The molecular weight excluding hydrogens is 226 g/mol. The van der Waals surface area contributed by atoms with Crippen LogP contribution in [-0.4, -0.2) is 16.5 Å². The van der Waals surface area contributed by atoms with Crippen LogP contribution in [0.25, 0.3) is 0 Å². The lowest BCUT2D eigenvalue weighted by atomic mass is 10.0. The van der Waals surface area contributed by atoms with Gasteiger partial charge in [-0.05, 0) is 45.2 Å². The van der Waals surface area contributed by atoms with Crippen molar-refractivity contribution in [1.29, 1.82) is 0 Å². The highest BCUT2D eigenvalue weighted by atomic mass is 16.3. The van der Waals surface area contributed by atoms with Crippen LogP contribution in [0, 0.1) is 6.92 Å². The molecule has 0 saturated carbocycles. The number of nitrogens with two attached hydrogens (primary N) is 1. The van der Waals surface area contributed by atoms with Gasteiger partial charge in [0.1, 0.15) is 0 Å². The second-order valence-corrected chi connectivity index (χ2v) is 5.08. The zero-order valence-electron chi connectivity index (χ0n) is 12.1. The maximum Gasteiger partial charge on any atom is 0.160 e. The Morgan fingerprint density at radius 2 is 1.94 bits per heavy atom. The molecule has 0 aliphatic heterocycles. The zero-order chi connectivity index (χ0) is 14.3. The van der Waals surface area contributed by atoms with Gasteiger partial charge < -0.3 is 10.8 Å². The molecule has 0 fully saturated rings. The Morgan fingerprint density at radius 3 is 2.22 bits per heavy atom. The largest absolute Gasteiger partial charge is 0.390 e. The molecule has 0 heterocycles. The van der Waals surface area contributed by atoms with Crippen LogP contribution >= 0.6 is 0 Å². The van der Waals surface area contributed by atoms with E-state index in [4.69, 9.17) is 10.8 Å². The van der Waals surface area contributed by atoms with Gasteiger partial charge >= 0.3 is 0 Å². The van der Waals surface area contributed by atoms with E-state index in [1.165, 1.54) is 0 Å². The van der Waals surface area contributed by atoms with E-state index in [9.17, 15) is 4.79 Å². The van der Waals surface area contributed by atoms with E-state index in [1.54, 1.807) is 20.8 Å². The van der Waals surface area contributed by atoms with Crippen LogP contribution in [0.1, 0.15) is 57.0 Å². The molecule has 0 aliphatic rings. The van der Waals surface area contributed by atoms with Gasteiger partial charge in [0.15, 0.2) is 5.78 Å². The van der Waals surface area contributed by atoms with Gasteiger partial charge in [-0.3, -0.25) is 4.79 Å². The van der Waals surface area contributed by atoms with E-state index in [2.05, 4.69) is 0 Å². The molecule has 3 N–H and O–H groups in total. The monoisotopic (exact) mass is 253 g/mol. The summed E-state index contributed by atoms with van der Waals surface area (Å²) in [6.45, 7) is 9.58. The normalized spacial score (nSPS) is 10.6. The van der Waals surface area contributed by atoms with Crippen molar-refractivity contribution in [3.63, 3.8) is 0 Å². The Kier molecular flexibility index (Phi) is 6.81. The van der Waals surface area contributed by atoms with Gasteiger partial charge in [-0.25, -0.2) is 0 Å². The predicted molar refractivity (Wildman–Crippen MR) is 77.8 cm³/mol. The lowest BCUT2D eigenvalue weighted by Gasteiger charge is -2.11. The average Bonchev–Trinajstić information content (AvgIpc) is 2.28. The maximum absolute atomic E-state index is 11.0. The van der Waals surface area contributed by atoms with Gasteiger partial charge in [0.2, 0.25) is 0 Å². The number of aryl methyl sites for hydroxylation is 1. The summed E-state index contributed by atoms with van der Waals surface area (Å²) in [4.78, 5) is 11.0. The summed E-state index contributed by atoms with van der Waals surface area (Å²) in [7, 11) is 0. The minimum Gasteiger partial charge on any atom is -0.390 e. The summed E-state index contributed by atoms with van der Waals surface area (Å²) in [6.07, 6.45) is 0.826. The molecule has 0 saturated heterocycles. The van der Waals surface area contributed by atoms with E-state index in [0.717, 1.165) is 23.1 Å². The van der Waals surface area contributed by atoms with Crippen LogP contribution < -0.4 is 5.73 Å². The van der Waals surface area contributed by atoms with E-state index < -0.39 is 5.60 Å². The van der Waals surface area contributed by atoms with Gasteiger partial charge in [-0.15, -0.1) is 0 Å². The number of carbonyl (C=O) groups is 1. The Hall–Kier alpha value is -1.19. The molecular formula is C15H27NO2. The highest BCUT2D eigenvalue weighted by Gasteiger charge is 2.05. The molecule has 0 aliphatic carbocycles. The lowest BCUT2D eigenvalue weighted by Crippen LogP contribution is -2.15. The molecule has 0 spiro atoms. The topological polar surface area (TPSA) is 63.3 Å². The van der Waals surface area contributed by atoms with Crippen molar-refractivity contribution in [2.75, 3.05) is 0 Å². The Morgan fingerprint density at radius 1 is 1.44 bits per heavy atom. The molecule has 3 nitrogen and oxygen atoms in total. The molecule has 3 heteroatoms. The second kappa shape index (κ2) is 7.29. The van der Waals surface area contributed by atoms with E-state index in [0.29, 0.717) is 6.54 Å². The number of hydrogen-bond donors (Lipinski definition) is 2. The molecule has 0 aromatic heterocycles. The summed E-state index contributed by atoms with van der Waals surface area (Å²) < 4.78 is 0. The number of Topliss-reactive ketones (excluding diaryl/α,β-unsaturated/α-hetero) is 1. The fraction of sp³-hybridized carbons (Fsp3) is 0.533. The van der Waals surface area contributed by atoms with Crippen molar-refractivity contribution in [3.05, 3.63) is 34.9 Å². The molecule has 18 heavy (non-hydrogen) atoms. The minimum absolute atomic E-state index is 0. The highest BCUT2D eigenvalue weighted by Crippen LogP contribution is 2.11. The molecule has 0 radical (unpaired) electrons. The first-order valence-corrected chi connectivity index (χ1v) is 6.24. The summed E-state index contributed by atoms with van der Waals surface area (Å²) >= 11 is 0. The molecule has 1 rings (SSSR count). The molecule has 0 bridgehead atoms. The fourth-order valence-electron chi connectivity index (χ4n) is 1.25. The van der Waals surface area contributed by atoms with Crippen LogP contribution in [-0.2, 0) is 6.54 Å². The summed E-state index contributed by atoms with van der Waals surface area (Å²) in [5.74, 6) is 0.107. The third-order valence-electron chi connectivity index (χ3n) is 2.77. The Balaban J connectivity index is 0. The Bertz CT molecular complexity index is 398. The summed E-state index contributed by atoms with van der Waals surface area (Å²) in [5.41, 5.74) is 7.86. The van der Waals surface area contributed by atoms with Crippen molar-refractivity contribution in [2.45, 2.75) is 53.2 Å². The van der Waals surface area contributed by atoms with Crippen molar-refractivity contribution in [3.8, 4) is 0 Å². The first-order valence-electron chi connectivity index (χ1n) is 6.24.